The molecule has 1 spiro atoms. The second-order valence-corrected chi connectivity index (χ2v) is 4.83. The van der Waals surface area contributed by atoms with Gasteiger partial charge in [-0.15, -0.1) is 0 Å². The van der Waals surface area contributed by atoms with Crippen LogP contribution in [0.25, 0.3) is 0 Å². The highest BCUT2D eigenvalue weighted by Gasteiger charge is 2.48. The van der Waals surface area contributed by atoms with Gasteiger partial charge in [0, 0.05) is 5.41 Å². The van der Waals surface area contributed by atoms with Crippen LogP contribution in [0, 0.1) is 5.82 Å². The fourth-order valence-electron chi connectivity index (χ4n) is 3.18. The lowest BCUT2D eigenvalue weighted by atomic mass is 9.57. The van der Waals surface area contributed by atoms with Crippen molar-refractivity contribution in [1.29, 1.82) is 0 Å². The van der Waals surface area contributed by atoms with Crippen molar-refractivity contribution in [1.82, 2.24) is 0 Å². The lowest BCUT2D eigenvalue weighted by molar-refractivity contribution is 0.0138. The van der Waals surface area contributed by atoms with Gasteiger partial charge >= 0.3 is 0 Å². The van der Waals surface area contributed by atoms with Crippen LogP contribution in [0.1, 0.15) is 36.8 Å². The van der Waals surface area contributed by atoms with E-state index in [-0.39, 0.29) is 17.3 Å². The van der Waals surface area contributed by atoms with Crippen molar-refractivity contribution in [3.63, 3.8) is 0 Å². The Morgan fingerprint density at radius 1 is 1.33 bits per heavy atom. The predicted octanol–water partition coefficient (Wildman–Crippen LogP) is 2.55. The summed E-state index contributed by atoms with van der Waals surface area (Å²) < 4.78 is 13.6. The molecule has 0 heterocycles. The Kier molecular flexibility index (Phi) is 1.90. The Bertz CT molecular complexity index is 396. The molecule has 1 aromatic rings. The maximum atomic E-state index is 13.6. The van der Waals surface area contributed by atoms with Crippen LogP contribution < -0.4 is 0 Å². The average molecular weight is 206 g/mol. The standard InChI is InChI=1S/C13H15FO/c14-11-4-1-3-10-9(11)5-6-12(15)13(10)7-2-8-13/h1,3-4,12,15H,2,5-8H2. The zero-order chi connectivity index (χ0) is 10.5. The van der Waals surface area contributed by atoms with Crippen molar-refractivity contribution in [3.8, 4) is 0 Å². The molecule has 80 valence electrons. The molecule has 2 aliphatic carbocycles. The molecule has 1 unspecified atom stereocenters. The highest BCUT2D eigenvalue weighted by Crippen LogP contribution is 2.51. The molecule has 2 aliphatic rings. The van der Waals surface area contributed by atoms with Gasteiger partial charge in [0.15, 0.2) is 0 Å². The van der Waals surface area contributed by atoms with Gasteiger partial charge in [0.05, 0.1) is 6.10 Å². The van der Waals surface area contributed by atoms with Crippen molar-refractivity contribution in [3.05, 3.63) is 35.1 Å². The normalized spacial score (nSPS) is 27.2. The topological polar surface area (TPSA) is 20.2 Å². The number of hydrogen-bond donors (Lipinski definition) is 1. The summed E-state index contributed by atoms with van der Waals surface area (Å²) in [7, 11) is 0. The fraction of sp³-hybridized carbons (Fsp3) is 0.538. The third-order valence-electron chi connectivity index (χ3n) is 4.21. The Morgan fingerprint density at radius 2 is 2.13 bits per heavy atom. The predicted molar refractivity (Wildman–Crippen MR) is 56.3 cm³/mol. The van der Waals surface area contributed by atoms with Gasteiger partial charge in [0.25, 0.3) is 0 Å². The first-order chi connectivity index (χ1) is 7.24. The molecule has 1 aromatic carbocycles. The number of aliphatic hydroxyl groups is 1. The van der Waals surface area contributed by atoms with Gasteiger partial charge in [-0.2, -0.15) is 0 Å². The minimum atomic E-state index is -0.263. The number of benzene rings is 1. The second-order valence-electron chi connectivity index (χ2n) is 4.83. The Balaban J connectivity index is 2.16. The van der Waals surface area contributed by atoms with E-state index >= 15 is 0 Å². The molecule has 0 amide bonds. The molecule has 3 rings (SSSR count). The molecule has 15 heavy (non-hydrogen) atoms. The van der Waals surface area contributed by atoms with Gasteiger partial charge < -0.3 is 5.11 Å². The summed E-state index contributed by atoms with van der Waals surface area (Å²) in [5, 5.41) is 10.1. The van der Waals surface area contributed by atoms with Gasteiger partial charge in [-0.05, 0) is 42.9 Å². The highest BCUT2D eigenvalue weighted by atomic mass is 19.1. The third kappa shape index (κ3) is 1.11. The Hall–Kier alpha value is -0.890. The van der Waals surface area contributed by atoms with Crippen molar-refractivity contribution in [2.45, 2.75) is 43.6 Å². The monoisotopic (exact) mass is 206 g/mol. The zero-order valence-electron chi connectivity index (χ0n) is 8.67. The van der Waals surface area contributed by atoms with Crippen LogP contribution in [0.2, 0.25) is 0 Å². The first-order valence-corrected chi connectivity index (χ1v) is 5.70. The molecule has 1 saturated carbocycles. The van der Waals surface area contributed by atoms with E-state index in [9.17, 15) is 9.50 Å². The summed E-state index contributed by atoms with van der Waals surface area (Å²) in [6.07, 6.45) is 4.33. The van der Waals surface area contributed by atoms with Crippen LogP contribution in [0.5, 0.6) is 0 Å². The van der Waals surface area contributed by atoms with Gasteiger partial charge in [0.1, 0.15) is 5.82 Å². The minimum Gasteiger partial charge on any atom is -0.392 e. The summed E-state index contributed by atoms with van der Waals surface area (Å²) in [6, 6.07) is 5.30. The van der Waals surface area contributed by atoms with Gasteiger partial charge in [-0.1, -0.05) is 18.6 Å². The molecular weight excluding hydrogens is 191 g/mol. The first kappa shape index (κ1) is 9.34. The summed E-state index contributed by atoms with van der Waals surface area (Å²) in [4.78, 5) is 0. The Labute approximate surface area is 88.9 Å². The smallest absolute Gasteiger partial charge is 0.126 e. The van der Waals surface area contributed by atoms with E-state index in [1.807, 2.05) is 6.07 Å². The molecule has 0 radical (unpaired) electrons. The van der Waals surface area contributed by atoms with Crippen molar-refractivity contribution < 1.29 is 9.50 Å². The molecule has 0 saturated heterocycles. The second kappa shape index (κ2) is 3.05. The highest BCUT2D eigenvalue weighted by molar-refractivity contribution is 5.41. The van der Waals surface area contributed by atoms with Crippen LogP contribution in [0.15, 0.2) is 18.2 Å². The van der Waals surface area contributed by atoms with Crippen molar-refractivity contribution in [2.24, 2.45) is 0 Å². The van der Waals surface area contributed by atoms with Crippen LogP contribution >= 0.6 is 0 Å². The minimum absolute atomic E-state index is 0.0920. The van der Waals surface area contributed by atoms with Crippen LogP contribution in [0.4, 0.5) is 4.39 Å². The molecule has 0 aromatic heterocycles. The van der Waals surface area contributed by atoms with E-state index in [0.717, 1.165) is 30.4 Å². The van der Waals surface area contributed by atoms with E-state index in [1.165, 1.54) is 6.07 Å². The SMILES string of the molecule is OC1CCc2c(F)cccc2C12CCC2. The zero-order valence-corrected chi connectivity index (χ0v) is 8.67. The van der Waals surface area contributed by atoms with E-state index in [1.54, 1.807) is 6.07 Å². The first-order valence-electron chi connectivity index (χ1n) is 5.70. The lowest BCUT2D eigenvalue weighted by Gasteiger charge is -2.49. The van der Waals surface area contributed by atoms with Crippen molar-refractivity contribution in [2.75, 3.05) is 0 Å². The molecule has 0 aliphatic heterocycles. The van der Waals surface area contributed by atoms with Gasteiger partial charge in [0.2, 0.25) is 0 Å². The summed E-state index contributed by atoms with van der Waals surface area (Å²) in [5.74, 6) is -0.0920. The van der Waals surface area contributed by atoms with Gasteiger partial charge in [-0.25, -0.2) is 4.39 Å². The Morgan fingerprint density at radius 3 is 2.80 bits per heavy atom. The molecule has 1 atom stereocenters. The summed E-state index contributed by atoms with van der Waals surface area (Å²) in [6.45, 7) is 0. The summed E-state index contributed by atoms with van der Waals surface area (Å²) >= 11 is 0. The largest absolute Gasteiger partial charge is 0.392 e. The van der Waals surface area contributed by atoms with Crippen LogP contribution in [-0.2, 0) is 11.8 Å². The van der Waals surface area contributed by atoms with Crippen LogP contribution in [0.3, 0.4) is 0 Å². The number of fused-ring (bicyclic) bond motifs is 2. The average Bonchev–Trinajstić information content (AvgIpc) is 2.15. The quantitative estimate of drug-likeness (QED) is 0.691. The van der Waals surface area contributed by atoms with E-state index in [2.05, 4.69) is 0 Å². The maximum absolute atomic E-state index is 13.6. The maximum Gasteiger partial charge on any atom is 0.126 e. The molecule has 0 bridgehead atoms. The van der Waals surface area contributed by atoms with Crippen LogP contribution in [-0.4, -0.2) is 11.2 Å². The third-order valence-corrected chi connectivity index (χ3v) is 4.21. The number of aliphatic hydroxyl groups excluding tert-OH is 1. The molecule has 1 nitrogen and oxygen atoms in total. The van der Waals surface area contributed by atoms with E-state index in [4.69, 9.17) is 0 Å². The number of halogens is 1. The molecule has 1 fully saturated rings. The van der Waals surface area contributed by atoms with Gasteiger partial charge in [-0.3, -0.25) is 0 Å². The molecule has 1 N–H and O–H groups in total. The summed E-state index contributed by atoms with van der Waals surface area (Å²) in [5.41, 5.74) is 1.82. The van der Waals surface area contributed by atoms with E-state index in [0.29, 0.717) is 12.8 Å². The van der Waals surface area contributed by atoms with Crippen molar-refractivity contribution >= 4 is 0 Å². The molecular formula is C13H15FO. The number of rotatable bonds is 0. The lowest BCUT2D eigenvalue weighted by Crippen LogP contribution is -2.48. The number of hydrogen-bond acceptors (Lipinski definition) is 1. The molecule has 2 heteroatoms. The fourth-order valence-corrected chi connectivity index (χ4v) is 3.18. The van der Waals surface area contributed by atoms with E-state index < -0.39 is 0 Å².